The zero-order valence-corrected chi connectivity index (χ0v) is 11.8. The number of anilines is 1. The van der Waals surface area contributed by atoms with E-state index in [2.05, 4.69) is 19.8 Å². The van der Waals surface area contributed by atoms with Crippen molar-refractivity contribution in [2.24, 2.45) is 0 Å². The summed E-state index contributed by atoms with van der Waals surface area (Å²) in [6.45, 7) is 0.619. The van der Waals surface area contributed by atoms with E-state index >= 15 is 0 Å². The lowest BCUT2D eigenvalue weighted by Crippen LogP contribution is -2.39. The van der Waals surface area contributed by atoms with Gasteiger partial charge in [0, 0.05) is 12.6 Å². The number of methoxy groups -OCH3 is 1. The third kappa shape index (κ3) is 3.45. The van der Waals surface area contributed by atoms with Crippen LogP contribution in [0.1, 0.15) is 42.6 Å². The quantitative estimate of drug-likeness (QED) is 0.821. The number of aromatic nitrogens is 2. The lowest BCUT2D eigenvalue weighted by Gasteiger charge is -2.34. The Kier molecular flexibility index (Phi) is 5.29. The van der Waals surface area contributed by atoms with E-state index in [1.807, 2.05) is 0 Å². The van der Waals surface area contributed by atoms with Crippen molar-refractivity contribution in [2.75, 3.05) is 25.2 Å². The van der Waals surface area contributed by atoms with Crippen LogP contribution in [0.25, 0.3) is 0 Å². The molecule has 1 aliphatic rings. The highest BCUT2D eigenvalue weighted by Crippen LogP contribution is 2.25. The molecule has 0 saturated heterocycles. The minimum Gasteiger partial charge on any atom is -0.464 e. The van der Waals surface area contributed by atoms with E-state index < -0.39 is 5.97 Å². The first-order chi connectivity index (χ1) is 9.76. The number of hydrogen-bond acceptors (Lipinski definition) is 6. The number of carbonyl (C=O) groups excluding carboxylic acids is 1. The average Bonchev–Trinajstić information content (AvgIpc) is 2.53. The van der Waals surface area contributed by atoms with Crippen LogP contribution in [0.15, 0.2) is 12.1 Å². The van der Waals surface area contributed by atoms with Crippen molar-refractivity contribution >= 4 is 11.8 Å². The first kappa shape index (κ1) is 14.7. The molecule has 0 spiro atoms. The van der Waals surface area contributed by atoms with Gasteiger partial charge in [0.1, 0.15) is 0 Å². The normalized spacial score (nSPS) is 15.9. The molecule has 2 rings (SSSR count). The van der Waals surface area contributed by atoms with Crippen molar-refractivity contribution in [3.05, 3.63) is 17.8 Å². The van der Waals surface area contributed by atoms with E-state index in [4.69, 9.17) is 0 Å². The molecular weight excluding hydrogens is 258 g/mol. The highest BCUT2D eigenvalue weighted by molar-refractivity contribution is 5.86. The van der Waals surface area contributed by atoms with E-state index in [-0.39, 0.29) is 12.3 Å². The van der Waals surface area contributed by atoms with Crippen LogP contribution >= 0.6 is 0 Å². The lowest BCUT2D eigenvalue weighted by molar-refractivity contribution is 0.0592. The molecule has 0 aliphatic heterocycles. The average molecular weight is 279 g/mol. The fourth-order valence-corrected chi connectivity index (χ4v) is 2.68. The molecule has 1 saturated carbocycles. The Labute approximate surface area is 118 Å². The maximum Gasteiger partial charge on any atom is 0.358 e. The Balaban J connectivity index is 2.13. The highest BCUT2D eigenvalue weighted by Gasteiger charge is 2.22. The number of carbonyl (C=O) groups is 1. The smallest absolute Gasteiger partial charge is 0.358 e. The van der Waals surface area contributed by atoms with Crippen molar-refractivity contribution in [1.82, 2.24) is 10.2 Å². The Morgan fingerprint density at radius 2 is 2.10 bits per heavy atom. The largest absolute Gasteiger partial charge is 0.464 e. The molecule has 1 fully saturated rings. The number of aliphatic hydroxyl groups is 1. The molecule has 1 heterocycles. The summed E-state index contributed by atoms with van der Waals surface area (Å²) in [6, 6.07) is 3.78. The minimum atomic E-state index is -0.490. The molecule has 0 bridgehead atoms. The Bertz CT molecular complexity index is 430. The summed E-state index contributed by atoms with van der Waals surface area (Å²) in [4.78, 5) is 13.4. The fourth-order valence-electron chi connectivity index (χ4n) is 2.68. The monoisotopic (exact) mass is 279 g/mol. The minimum absolute atomic E-state index is 0.0803. The molecule has 20 heavy (non-hydrogen) atoms. The number of hydrogen-bond donors (Lipinski definition) is 1. The second kappa shape index (κ2) is 7.19. The molecule has 1 aliphatic carbocycles. The van der Waals surface area contributed by atoms with Crippen LogP contribution in [0, 0.1) is 0 Å². The van der Waals surface area contributed by atoms with Crippen LogP contribution in [-0.2, 0) is 4.74 Å². The Morgan fingerprint density at radius 3 is 2.65 bits per heavy atom. The third-order valence-corrected chi connectivity index (χ3v) is 3.70. The zero-order valence-electron chi connectivity index (χ0n) is 11.8. The van der Waals surface area contributed by atoms with Gasteiger partial charge >= 0.3 is 5.97 Å². The molecule has 0 unspecified atom stereocenters. The van der Waals surface area contributed by atoms with Crippen molar-refractivity contribution in [3.8, 4) is 0 Å². The van der Waals surface area contributed by atoms with Crippen LogP contribution in [0.2, 0.25) is 0 Å². The number of nitrogens with zero attached hydrogens (tertiary/aromatic N) is 3. The van der Waals surface area contributed by atoms with Gasteiger partial charge in [-0.1, -0.05) is 19.3 Å². The van der Waals surface area contributed by atoms with Crippen molar-refractivity contribution in [2.45, 2.75) is 38.1 Å². The molecule has 110 valence electrons. The van der Waals surface area contributed by atoms with Crippen LogP contribution in [0.3, 0.4) is 0 Å². The first-order valence-corrected chi connectivity index (χ1v) is 7.06. The molecule has 0 atom stereocenters. The topological polar surface area (TPSA) is 75.5 Å². The third-order valence-electron chi connectivity index (χ3n) is 3.70. The summed E-state index contributed by atoms with van der Waals surface area (Å²) in [5.74, 6) is 0.217. The van der Waals surface area contributed by atoms with Gasteiger partial charge in [0.25, 0.3) is 0 Å². The van der Waals surface area contributed by atoms with Gasteiger partial charge in [-0.25, -0.2) is 4.79 Å². The summed E-state index contributed by atoms with van der Waals surface area (Å²) in [7, 11) is 1.32. The van der Waals surface area contributed by atoms with Crippen molar-refractivity contribution in [3.63, 3.8) is 0 Å². The number of aliphatic hydroxyl groups excluding tert-OH is 1. The Morgan fingerprint density at radius 1 is 1.35 bits per heavy atom. The van der Waals surface area contributed by atoms with Crippen LogP contribution in [-0.4, -0.2) is 47.6 Å². The number of rotatable bonds is 5. The van der Waals surface area contributed by atoms with Crippen LogP contribution in [0.4, 0.5) is 5.82 Å². The second-order valence-electron chi connectivity index (χ2n) is 4.98. The second-order valence-corrected chi connectivity index (χ2v) is 4.98. The number of ether oxygens (including phenoxy) is 1. The maximum atomic E-state index is 11.3. The predicted molar refractivity (Wildman–Crippen MR) is 74.7 cm³/mol. The van der Waals surface area contributed by atoms with E-state index in [9.17, 15) is 9.90 Å². The zero-order chi connectivity index (χ0) is 14.4. The SMILES string of the molecule is COC(=O)c1ccc(N(CCO)C2CCCCC2)nn1. The molecular formula is C14H21N3O3. The van der Waals surface area contributed by atoms with Gasteiger partial charge in [0.05, 0.1) is 13.7 Å². The van der Waals surface area contributed by atoms with E-state index in [0.29, 0.717) is 18.4 Å². The molecule has 6 nitrogen and oxygen atoms in total. The van der Waals surface area contributed by atoms with Gasteiger partial charge in [-0.3, -0.25) is 0 Å². The van der Waals surface area contributed by atoms with Gasteiger partial charge < -0.3 is 14.7 Å². The predicted octanol–water partition coefficient (Wildman–Crippen LogP) is 1.39. The summed E-state index contributed by atoms with van der Waals surface area (Å²) in [5.41, 5.74) is 0.198. The van der Waals surface area contributed by atoms with Crippen LogP contribution < -0.4 is 4.90 Å². The molecule has 0 radical (unpaired) electrons. The summed E-state index contributed by atoms with van der Waals surface area (Å²) in [6.07, 6.45) is 5.91. The summed E-state index contributed by atoms with van der Waals surface area (Å²) < 4.78 is 4.61. The number of esters is 1. The Hall–Kier alpha value is -1.69. The molecule has 0 amide bonds. The van der Waals surface area contributed by atoms with Crippen molar-refractivity contribution in [1.29, 1.82) is 0 Å². The molecule has 1 N–H and O–H groups in total. The van der Waals surface area contributed by atoms with Gasteiger partial charge in [-0.15, -0.1) is 10.2 Å². The molecule has 1 aromatic heterocycles. The first-order valence-electron chi connectivity index (χ1n) is 7.06. The van der Waals surface area contributed by atoms with Crippen molar-refractivity contribution < 1.29 is 14.6 Å². The van der Waals surface area contributed by atoms with E-state index in [0.717, 1.165) is 12.8 Å². The molecule has 1 aromatic rings. The van der Waals surface area contributed by atoms with E-state index in [1.54, 1.807) is 12.1 Å². The maximum absolute atomic E-state index is 11.3. The standard InChI is InChI=1S/C14H21N3O3/c1-20-14(19)12-7-8-13(16-15-12)17(9-10-18)11-5-3-2-4-6-11/h7-8,11,18H,2-6,9-10H2,1H3. The van der Waals surface area contributed by atoms with Gasteiger partial charge in [-0.05, 0) is 25.0 Å². The summed E-state index contributed by atoms with van der Waals surface area (Å²) >= 11 is 0. The van der Waals surface area contributed by atoms with Gasteiger partial charge in [-0.2, -0.15) is 0 Å². The van der Waals surface area contributed by atoms with Gasteiger partial charge in [0.2, 0.25) is 0 Å². The fraction of sp³-hybridized carbons (Fsp3) is 0.643. The molecule has 6 heteroatoms. The van der Waals surface area contributed by atoms with Gasteiger partial charge in [0.15, 0.2) is 11.5 Å². The molecule has 0 aromatic carbocycles. The van der Waals surface area contributed by atoms with E-state index in [1.165, 1.54) is 26.4 Å². The summed E-state index contributed by atoms with van der Waals surface area (Å²) in [5, 5.41) is 17.3. The lowest BCUT2D eigenvalue weighted by atomic mass is 9.94. The highest BCUT2D eigenvalue weighted by atomic mass is 16.5. The van der Waals surface area contributed by atoms with Crippen LogP contribution in [0.5, 0.6) is 0 Å².